The van der Waals surface area contributed by atoms with Crippen molar-refractivity contribution in [3.63, 3.8) is 0 Å². The van der Waals surface area contributed by atoms with E-state index in [0.717, 1.165) is 40.7 Å². The lowest BCUT2D eigenvalue weighted by molar-refractivity contribution is -0.120. The zero-order valence-electron chi connectivity index (χ0n) is 27.8. The third kappa shape index (κ3) is 8.59. The maximum atomic E-state index is 13.4. The van der Waals surface area contributed by atoms with Gasteiger partial charge in [0.25, 0.3) is 0 Å². The van der Waals surface area contributed by atoms with Gasteiger partial charge in [0.2, 0.25) is 5.91 Å². The van der Waals surface area contributed by atoms with E-state index >= 15 is 0 Å². The number of alkyl halides is 1. The van der Waals surface area contributed by atoms with Crippen LogP contribution in [0.15, 0.2) is 85.1 Å². The molecule has 5 aromatic rings. The Morgan fingerprint density at radius 1 is 0.979 bits per heavy atom. The second-order valence-electron chi connectivity index (χ2n) is 12.1. The number of hydrogen-bond donors (Lipinski definition) is 3. The summed E-state index contributed by atoms with van der Waals surface area (Å²) < 4.78 is 19.5. The van der Waals surface area contributed by atoms with Crippen molar-refractivity contribution in [1.82, 2.24) is 20.1 Å². The first-order valence-electron chi connectivity index (χ1n) is 15.9. The van der Waals surface area contributed by atoms with Gasteiger partial charge in [-0.05, 0) is 60.2 Å². The first kappa shape index (κ1) is 32.3. The van der Waals surface area contributed by atoms with Crippen molar-refractivity contribution in [2.24, 2.45) is 0 Å². The highest BCUT2D eigenvalue weighted by Crippen LogP contribution is 2.35. The van der Waals surface area contributed by atoms with E-state index < -0.39 is 6.03 Å². The summed E-state index contributed by atoms with van der Waals surface area (Å²) in [5.74, 6) is 2.41. The van der Waals surface area contributed by atoms with Crippen molar-refractivity contribution in [3.05, 3.63) is 96.4 Å². The normalized spacial score (nSPS) is 12.7. The maximum absolute atomic E-state index is 13.4. The summed E-state index contributed by atoms with van der Waals surface area (Å²) in [6, 6.07) is 24.1. The lowest BCUT2D eigenvalue weighted by Gasteiger charge is -2.14. The maximum Gasteiger partial charge on any atom is 0.324 e. The molecule has 1 fully saturated rings. The number of anilines is 2. The molecule has 47 heavy (non-hydrogen) atoms. The first-order valence-corrected chi connectivity index (χ1v) is 16.7. The van der Waals surface area contributed by atoms with Gasteiger partial charge in [-0.3, -0.25) is 15.1 Å². The van der Waals surface area contributed by atoms with Crippen LogP contribution in [0.1, 0.15) is 46.4 Å². The van der Waals surface area contributed by atoms with E-state index in [1.54, 1.807) is 30.1 Å². The third-order valence-electron chi connectivity index (χ3n) is 7.47. The number of methoxy groups -OCH3 is 1. The Hall–Kier alpha value is -4.65. The number of urea groups is 1. The van der Waals surface area contributed by atoms with Crippen molar-refractivity contribution in [2.75, 3.05) is 22.6 Å². The number of hydrogen-bond acceptors (Lipinski definition) is 6. The van der Waals surface area contributed by atoms with E-state index in [1.807, 2.05) is 89.3 Å². The van der Waals surface area contributed by atoms with Crippen molar-refractivity contribution < 1.29 is 20.4 Å². The van der Waals surface area contributed by atoms with Crippen molar-refractivity contribution in [1.29, 1.82) is 0 Å². The Bertz CT molecular complexity index is 1890. The van der Waals surface area contributed by atoms with Crippen LogP contribution >= 0.6 is 22.6 Å². The summed E-state index contributed by atoms with van der Waals surface area (Å²) in [6.45, 7) is 6.23. The number of aromatic nitrogens is 3. The molecule has 1 saturated carbocycles. The molecule has 1 aliphatic rings. The second kappa shape index (κ2) is 14.8. The minimum absolute atomic E-state index is 0.0389. The molecule has 1 aliphatic carbocycles. The number of amides is 3. The molecule has 2 heterocycles. The van der Waals surface area contributed by atoms with Gasteiger partial charge in [-0.15, -0.1) is 0 Å². The van der Waals surface area contributed by atoms with Gasteiger partial charge >= 0.3 is 6.03 Å². The number of halogens is 1. The lowest BCUT2D eigenvalue weighted by Crippen LogP contribution is -2.27. The Balaban J connectivity index is 0.00000145. The average molecular weight is 748 g/mol. The molecule has 0 unspecified atom stereocenters. The molecule has 11 heteroatoms. The van der Waals surface area contributed by atoms with E-state index in [0.29, 0.717) is 39.6 Å². The van der Waals surface area contributed by atoms with E-state index in [9.17, 15) is 9.59 Å². The van der Waals surface area contributed by atoms with Gasteiger partial charge in [0, 0.05) is 41.9 Å². The molecular formula is C36H39IN6O4. The summed E-state index contributed by atoms with van der Waals surface area (Å²) in [4.78, 5) is 30.5. The molecule has 0 bridgehead atoms. The van der Waals surface area contributed by atoms with Crippen molar-refractivity contribution in [3.8, 4) is 22.9 Å². The zero-order valence-corrected chi connectivity index (χ0v) is 29.0. The van der Waals surface area contributed by atoms with Crippen LogP contribution in [0.25, 0.3) is 16.5 Å². The number of carbonyl (C=O) groups excluding carboxylic acids is 2. The summed E-state index contributed by atoms with van der Waals surface area (Å²) in [6.07, 6.45) is 3.91. The SMILES string of the molecule is COc1ccc(-n2nc(C(C)(C)C)cc2NC(=O)Nc2ccc(Oc3ccnc(CC(=O)NC4CC4)c3)c3ccccc23)cc1.[2H]CI. The molecule has 0 saturated heterocycles. The number of rotatable bonds is 9. The van der Waals surface area contributed by atoms with Gasteiger partial charge in [-0.25, -0.2) is 9.48 Å². The van der Waals surface area contributed by atoms with Crippen LogP contribution in [-0.4, -0.2) is 44.8 Å². The fourth-order valence-electron chi connectivity index (χ4n) is 4.91. The Labute approximate surface area is 289 Å². The Morgan fingerprint density at radius 2 is 1.70 bits per heavy atom. The number of nitrogens with zero attached hydrogens (tertiary/aromatic N) is 3. The van der Waals surface area contributed by atoms with E-state index in [2.05, 4.69) is 41.7 Å². The topological polar surface area (TPSA) is 119 Å². The highest BCUT2D eigenvalue weighted by atomic mass is 127. The number of benzene rings is 3. The number of pyridine rings is 1. The summed E-state index contributed by atoms with van der Waals surface area (Å²) in [5, 5.41) is 15.4. The molecule has 0 aliphatic heterocycles. The van der Waals surface area contributed by atoms with Gasteiger partial charge in [0.1, 0.15) is 23.1 Å². The van der Waals surface area contributed by atoms with Crippen molar-refractivity contribution >= 4 is 56.8 Å². The number of fused-ring (bicyclic) bond motifs is 1. The fraction of sp³-hybridized carbons (Fsp3) is 0.278. The summed E-state index contributed by atoms with van der Waals surface area (Å²) in [7, 11) is 1.62. The quantitative estimate of drug-likeness (QED) is 0.104. The molecule has 6 rings (SSSR count). The summed E-state index contributed by atoms with van der Waals surface area (Å²) >= 11 is 1.96. The van der Waals surface area contributed by atoms with E-state index in [1.165, 1.54) is 0 Å². The summed E-state index contributed by atoms with van der Waals surface area (Å²) in [5.41, 5.74) is 2.65. The number of carbonyl (C=O) groups is 2. The Morgan fingerprint density at radius 3 is 2.38 bits per heavy atom. The van der Waals surface area contributed by atoms with Crippen LogP contribution in [0.5, 0.6) is 17.2 Å². The van der Waals surface area contributed by atoms with E-state index in [-0.39, 0.29) is 17.7 Å². The number of nitrogens with one attached hydrogen (secondary N) is 3. The second-order valence-corrected chi connectivity index (χ2v) is 12.1. The highest BCUT2D eigenvalue weighted by molar-refractivity contribution is 14.1. The average Bonchev–Trinajstić information content (AvgIpc) is 3.77. The molecule has 10 nitrogen and oxygen atoms in total. The minimum atomic E-state index is -0.410. The molecular weight excluding hydrogens is 707 g/mol. The zero-order chi connectivity index (χ0) is 34.3. The molecule has 0 atom stereocenters. The smallest absolute Gasteiger partial charge is 0.324 e. The van der Waals surface area contributed by atoms with Crippen LogP contribution in [0.3, 0.4) is 0 Å². The molecule has 2 aromatic heterocycles. The van der Waals surface area contributed by atoms with Gasteiger partial charge in [-0.2, -0.15) is 5.10 Å². The number of ether oxygens (including phenoxy) is 2. The van der Waals surface area contributed by atoms with E-state index in [4.69, 9.17) is 15.9 Å². The largest absolute Gasteiger partial charge is 0.497 e. The van der Waals surface area contributed by atoms with Crippen LogP contribution < -0.4 is 25.4 Å². The molecule has 244 valence electrons. The van der Waals surface area contributed by atoms with Crippen LogP contribution in [0, 0.1) is 0 Å². The fourth-order valence-corrected chi connectivity index (χ4v) is 4.91. The molecule has 0 spiro atoms. The monoisotopic (exact) mass is 747 g/mol. The van der Waals surface area contributed by atoms with Crippen LogP contribution in [-0.2, 0) is 16.6 Å². The van der Waals surface area contributed by atoms with Gasteiger partial charge in [0.05, 0.1) is 36.3 Å². The molecule has 0 radical (unpaired) electrons. The minimum Gasteiger partial charge on any atom is -0.497 e. The molecule has 3 aromatic carbocycles. The van der Waals surface area contributed by atoms with Crippen LogP contribution in [0.4, 0.5) is 16.3 Å². The van der Waals surface area contributed by atoms with Crippen molar-refractivity contribution in [2.45, 2.75) is 51.5 Å². The highest BCUT2D eigenvalue weighted by Gasteiger charge is 2.24. The first-order chi connectivity index (χ1) is 23.1. The van der Waals surface area contributed by atoms with Gasteiger partial charge < -0.3 is 20.1 Å². The Kier molecular flexibility index (Phi) is 10.2. The predicted molar refractivity (Wildman–Crippen MR) is 195 cm³/mol. The van der Waals surface area contributed by atoms with Gasteiger partial charge in [-0.1, -0.05) is 67.6 Å². The van der Waals surface area contributed by atoms with Gasteiger partial charge in [0.15, 0.2) is 0 Å². The molecule has 3 N–H and O–H groups in total. The van der Waals surface area contributed by atoms with Crippen LogP contribution in [0.2, 0.25) is 0 Å². The standard InChI is InChI=1S/C35H36N6O4.CH3I/c1-35(2,3)31-21-32(41(40-31)24-11-13-25(44-4)14-12-24)39-34(43)38-29-15-16-30(28-8-6-5-7-27(28)29)45-26-17-18-36-23(19-26)20-33(42)37-22-9-10-22;1-2/h5-8,11-19,21-22H,9-10,20H2,1-4H3,(H,37,42)(H2,38,39,43);1H3/i;1D. The lowest BCUT2D eigenvalue weighted by atomic mass is 9.92. The predicted octanol–water partition coefficient (Wildman–Crippen LogP) is 8.04. The molecule has 3 amide bonds. The third-order valence-corrected chi connectivity index (χ3v) is 7.47.